The van der Waals surface area contributed by atoms with Crippen molar-refractivity contribution in [2.45, 2.75) is 13.3 Å². The average molecular weight is 431 g/mol. The molecule has 0 radical (unpaired) electrons. The molecular weight excluding hydrogens is 408 g/mol. The van der Waals surface area contributed by atoms with Crippen LogP contribution < -0.4 is 15.0 Å². The Balaban J connectivity index is 1.68. The molecule has 0 spiro atoms. The summed E-state index contributed by atoms with van der Waals surface area (Å²) in [6.45, 7) is 1.65. The van der Waals surface area contributed by atoms with E-state index >= 15 is 0 Å². The number of methoxy groups -OCH3 is 1. The van der Waals surface area contributed by atoms with Gasteiger partial charge in [0.1, 0.15) is 23.1 Å². The van der Waals surface area contributed by atoms with E-state index in [9.17, 15) is 23.2 Å². The quantitative estimate of drug-likeness (QED) is 0.731. The van der Waals surface area contributed by atoms with Crippen LogP contribution in [0.15, 0.2) is 42.5 Å². The number of benzene rings is 2. The van der Waals surface area contributed by atoms with Crippen molar-refractivity contribution in [2.75, 3.05) is 37.0 Å². The number of hydrogen-bond donors (Lipinski definition) is 1. The summed E-state index contributed by atoms with van der Waals surface area (Å²) in [5.41, 5.74) is 0.00973. The topological polar surface area (TPSA) is 79.0 Å². The van der Waals surface area contributed by atoms with Crippen LogP contribution in [-0.2, 0) is 14.4 Å². The molecule has 164 valence electrons. The van der Waals surface area contributed by atoms with Crippen LogP contribution in [0.5, 0.6) is 5.75 Å². The van der Waals surface area contributed by atoms with Crippen LogP contribution >= 0.6 is 0 Å². The van der Waals surface area contributed by atoms with E-state index in [4.69, 9.17) is 4.74 Å². The summed E-state index contributed by atoms with van der Waals surface area (Å²) < 4.78 is 32.8. The SMILES string of the molecule is CCN(CC(=O)Nc1c(F)cccc1F)C(=O)[C@H]1CC(=O)N(c2ccccc2OC)C1. The van der Waals surface area contributed by atoms with E-state index in [0.717, 1.165) is 12.1 Å². The van der Waals surface area contributed by atoms with Crippen molar-refractivity contribution in [3.63, 3.8) is 0 Å². The van der Waals surface area contributed by atoms with E-state index in [1.165, 1.54) is 23.0 Å². The van der Waals surface area contributed by atoms with Gasteiger partial charge in [-0.2, -0.15) is 0 Å². The molecule has 0 unspecified atom stereocenters. The summed E-state index contributed by atoms with van der Waals surface area (Å²) >= 11 is 0. The van der Waals surface area contributed by atoms with E-state index in [-0.39, 0.29) is 37.9 Å². The Kier molecular flexibility index (Phi) is 6.84. The first kappa shape index (κ1) is 22.2. The van der Waals surface area contributed by atoms with Gasteiger partial charge in [-0.25, -0.2) is 8.78 Å². The molecule has 2 aromatic carbocycles. The summed E-state index contributed by atoms with van der Waals surface area (Å²) in [6.07, 6.45) is -0.00303. The third-order valence-electron chi connectivity index (χ3n) is 5.11. The largest absolute Gasteiger partial charge is 0.495 e. The Bertz CT molecular complexity index is 978. The molecule has 3 rings (SSSR count). The number of likely N-dealkylation sites (N-methyl/N-ethyl adjacent to an activating group) is 1. The van der Waals surface area contributed by atoms with Crippen LogP contribution in [0.25, 0.3) is 0 Å². The fourth-order valence-electron chi connectivity index (χ4n) is 3.53. The van der Waals surface area contributed by atoms with Gasteiger partial charge in [0, 0.05) is 19.5 Å². The lowest BCUT2D eigenvalue weighted by atomic mass is 10.1. The Morgan fingerprint density at radius 2 is 1.84 bits per heavy atom. The number of nitrogens with zero attached hydrogens (tertiary/aromatic N) is 2. The molecule has 9 heteroatoms. The van der Waals surface area contributed by atoms with Gasteiger partial charge >= 0.3 is 0 Å². The number of rotatable bonds is 7. The summed E-state index contributed by atoms with van der Waals surface area (Å²) in [7, 11) is 1.50. The van der Waals surface area contributed by atoms with Crippen molar-refractivity contribution in [1.82, 2.24) is 4.90 Å². The van der Waals surface area contributed by atoms with E-state index in [2.05, 4.69) is 5.32 Å². The molecule has 1 aliphatic heterocycles. The van der Waals surface area contributed by atoms with Crippen LogP contribution in [0.1, 0.15) is 13.3 Å². The number of nitrogens with one attached hydrogen (secondary N) is 1. The first-order chi connectivity index (χ1) is 14.8. The average Bonchev–Trinajstić information content (AvgIpc) is 3.15. The number of para-hydroxylation sites is 3. The van der Waals surface area contributed by atoms with Crippen molar-refractivity contribution in [3.8, 4) is 5.75 Å². The fraction of sp³-hybridized carbons (Fsp3) is 0.318. The number of ether oxygens (including phenoxy) is 1. The highest BCUT2D eigenvalue weighted by Crippen LogP contribution is 2.33. The molecule has 31 heavy (non-hydrogen) atoms. The van der Waals surface area contributed by atoms with Gasteiger partial charge in [-0.3, -0.25) is 14.4 Å². The van der Waals surface area contributed by atoms with Gasteiger partial charge in [0.05, 0.1) is 25.3 Å². The predicted molar refractivity (Wildman–Crippen MR) is 111 cm³/mol. The standard InChI is InChI=1S/C22H23F2N3O4/c1-3-26(13-19(28)25-21-15(23)7-6-8-16(21)24)22(30)14-11-20(29)27(12-14)17-9-4-5-10-18(17)31-2/h4-10,14H,3,11-13H2,1-2H3,(H,25,28)/t14-/m0/s1. The van der Waals surface area contributed by atoms with Gasteiger partial charge in [0.25, 0.3) is 0 Å². The van der Waals surface area contributed by atoms with Crippen molar-refractivity contribution in [1.29, 1.82) is 0 Å². The highest BCUT2D eigenvalue weighted by Gasteiger charge is 2.38. The minimum Gasteiger partial charge on any atom is -0.495 e. The van der Waals surface area contributed by atoms with Crippen molar-refractivity contribution in [3.05, 3.63) is 54.1 Å². The monoisotopic (exact) mass is 431 g/mol. The Morgan fingerprint density at radius 3 is 2.48 bits per heavy atom. The van der Waals surface area contributed by atoms with Gasteiger partial charge < -0.3 is 19.9 Å². The summed E-state index contributed by atoms with van der Waals surface area (Å²) in [4.78, 5) is 40.6. The number of hydrogen-bond acceptors (Lipinski definition) is 4. The highest BCUT2D eigenvalue weighted by molar-refractivity contribution is 6.02. The molecule has 7 nitrogen and oxygen atoms in total. The molecule has 3 amide bonds. The molecule has 1 heterocycles. The highest BCUT2D eigenvalue weighted by atomic mass is 19.1. The summed E-state index contributed by atoms with van der Waals surface area (Å²) in [5.74, 6) is -3.27. The zero-order valence-corrected chi connectivity index (χ0v) is 17.2. The van der Waals surface area contributed by atoms with Crippen molar-refractivity contribution < 1.29 is 27.9 Å². The van der Waals surface area contributed by atoms with Crippen LogP contribution in [0.2, 0.25) is 0 Å². The second kappa shape index (κ2) is 9.55. The minimum absolute atomic E-state index is 0.00303. The molecule has 0 saturated carbocycles. The van der Waals surface area contributed by atoms with E-state index in [0.29, 0.717) is 11.4 Å². The van der Waals surface area contributed by atoms with Crippen molar-refractivity contribution in [2.24, 2.45) is 5.92 Å². The third-order valence-corrected chi connectivity index (χ3v) is 5.11. The molecule has 0 bridgehead atoms. The summed E-state index contributed by atoms with van der Waals surface area (Å²) in [6, 6.07) is 10.2. The van der Waals surface area contributed by atoms with Crippen LogP contribution in [0, 0.1) is 17.6 Å². The maximum Gasteiger partial charge on any atom is 0.244 e. The van der Waals surface area contributed by atoms with Gasteiger partial charge in [-0.05, 0) is 31.2 Å². The molecule has 1 atom stereocenters. The second-order valence-electron chi connectivity index (χ2n) is 7.07. The molecule has 0 aliphatic carbocycles. The number of carbonyl (C=O) groups excluding carboxylic acids is 3. The lowest BCUT2D eigenvalue weighted by molar-refractivity contribution is -0.138. The van der Waals surface area contributed by atoms with Crippen molar-refractivity contribution >= 4 is 29.1 Å². The normalized spacial score (nSPS) is 15.7. The van der Waals surface area contributed by atoms with Gasteiger partial charge in [0.15, 0.2) is 0 Å². The number of halogens is 2. The van der Waals surface area contributed by atoms with E-state index in [1.54, 1.807) is 31.2 Å². The van der Waals surface area contributed by atoms with Gasteiger partial charge in [-0.15, -0.1) is 0 Å². The van der Waals surface area contributed by atoms with Gasteiger partial charge in [0.2, 0.25) is 17.7 Å². The minimum atomic E-state index is -0.906. The number of anilines is 2. The number of carbonyl (C=O) groups is 3. The fourth-order valence-corrected chi connectivity index (χ4v) is 3.53. The Morgan fingerprint density at radius 1 is 1.16 bits per heavy atom. The maximum absolute atomic E-state index is 13.8. The molecule has 0 aromatic heterocycles. The molecule has 1 fully saturated rings. The maximum atomic E-state index is 13.8. The summed E-state index contributed by atoms with van der Waals surface area (Å²) in [5, 5.41) is 2.17. The molecule has 2 aromatic rings. The molecule has 1 N–H and O–H groups in total. The Hall–Kier alpha value is -3.49. The zero-order valence-electron chi connectivity index (χ0n) is 17.2. The first-order valence-electron chi connectivity index (χ1n) is 9.81. The lowest BCUT2D eigenvalue weighted by Crippen LogP contribution is -2.42. The predicted octanol–water partition coefficient (Wildman–Crippen LogP) is 2.81. The smallest absolute Gasteiger partial charge is 0.244 e. The van der Waals surface area contributed by atoms with Crippen LogP contribution in [0.4, 0.5) is 20.2 Å². The Labute approximate surface area is 178 Å². The first-order valence-corrected chi connectivity index (χ1v) is 9.81. The molecule has 1 saturated heterocycles. The van der Waals surface area contributed by atoms with E-state index < -0.39 is 29.1 Å². The van der Waals surface area contributed by atoms with Gasteiger partial charge in [-0.1, -0.05) is 18.2 Å². The van der Waals surface area contributed by atoms with E-state index in [1.807, 2.05) is 0 Å². The lowest BCUT2D eigenvalue weighted by Gasteiger charge is -2.24. The second-order valence-corrected chi connectivity index (χ2v) is 7.07. The molecular formula is C22H23F2N3O4. The molecule has 1 aliphatic rings. The number of amides is 3. The van der Waals surface area contributed by atoms with Crippen LogP contribution in [-0.4, -0.2) is 49.4 Å². The zero-order chi connectivity index (χ0) is 22.5. The third kappa shape index (κ3) is 4.82. The van der Waals surface area contributed by atoms with Crippen LogP contribution in [0.3, 0.4) is 0 Å².